The molecule has 0 aliphatic heterocycles. The molecular weight excluding hydrogens is 361 g/mol. The highest BCUT2D eigenvalue weighted by molar-refractivity contribution is 7.13. The lowest BCUT2D eigenvalue weighted by Gasteiger charge is -2.24. The van der Waals surface area contributed by atoms with Crippen molar-refractivity contribution in [3.63, 3.8) is 0 Å². The van der Waals surface area contributed by atoms with Crippen LogP contribution in [0, 0.1) is 5.82 Å². The van der Waals surface area contributed by atoms with E-state index in [1.807, 2.05) is 0 Å². The maximum Gasteiger partial charge on any atom is 0.408 e. The maximum atomic E-state index is 13.8. The zero-order chi connectivity index (χ0) is 19.3. The number of nitrogens with one attached hydrogen (secondary N) is 2. The Labute approximate surface area is 154 Å². The number of carbonyl (C=O) groups excluding carboxylic acids is 2. The molecular formula is C17H20FN3O4S. The molecule has 0 aliphatic carbocycles. The molecule has 1 atom stereocenters. The summed E-state index contributed by atoms with van der Waals surface area (Å²) in [6.45, 7) is 5.08. The summed E-state index contributed by atoms with van der Waals surface area (Å²) in [6, 6.07) is 2.47. The smallest absolute Gasteiger partial charge is 0.408 e. The fourth-order valence-corrected chi connectivity index (χ4v) is 2.64. The zero-order valence-corrected chi connectivity index (χ0v) is 15.6. The van der Waals surface area contributed by atoms with E-state index in [1.54, 1.807) is 26.2 Å². The molecule has 2 amide bonds. The molecule has 0 unspecified atom stereocenters. The fraction of sp³-hybridized carbons (Fsp3) is 0.353. The van der Waals surface area contributed by atoms with Gasteiger partial charge in [0.25, 0.3) is 5.91 Å². The zero-order valence-electron chi connectivity index (χ0n) is 14.8. The van der Waals surface area contributed by atoms with Crippen LogP contribution in [0.15, 0.2) is 29.8 Å². The number of hydrogen-bond donors (Lipinski definition) is 2. The van der Waals surface area contributed by atoms with Crippen molar-refractivity contribution in [3.05, 3.63) is 41.2 Å². The van der Waals surface area contributed by atoms with E-state index in [-0.39, 0.29) is 11.3 Å². The number of amides is 2. The third-order valence-corrected chi connectivity index (χ3v) is 3.78. The Bertz CT molecular complexity index is 775. The predicted molar refractivity (Wildman–Crippen MR) is 95.8 cm³/mol. The van der Waals surface area contributed by atoms with E-state index >= 15 is 0 Å². The number of aromatic nitrogens is 1. The number of alkyl carbamates (subject to hydrolysis) is 1. The van der Waals surface area contributed by atoms with Crippen molar-refractivity contribution in [2.24, 2.45) is 0 Å². The van der Waals surface area contributed by atoms with Crippen molar-refractivity contribution >= 4 is 28.5 Å². The minimum atomic E-state index is -1.24. The molecule has 140 valence electrons. The molecule has 1 aromatic heterocycles. The van der Waals surface area contributed by atoms with Crippen molar-refractivity contribution in [2.75, 3.05) is 12.4 Å². The van der Waals surface area contributed by atoms with E-state index in [0.29, 0.717) is 5.13 Å². The molecule has 9 heteroatoms. The van der Waals surface area contributed by atoms with E-state index in [2.05, 4.69) is 15.6 Å². The molecule has 0 aliphatic rings. The Hall–Kier alpha value is -2.68. The summed E-state index contributed by atoms with van der Waals surface area (Å²) < 4.78 is 24.2. The number of nitrogens with zero attached hydrogens (tertiary/aromatic N) is 1. The summed E-state index contributed by atoms with van der Waals surface area (Å²) in [4.78, 5) is 28.8. The van der Waals surface area contributed by atoms with Gasteiger partial charge in [0.2, 0.25) is 0 Å². The summed E-state index contributed by atoms with van der Waals surface area (Å²) >= 11 is 1.21. The van der Waals surface area contributed by atoms with E-state index < -0.39 is 29.5 Å². The SMILES string of the molecule is COc1ccc(F)cc1[C@@H](NC(=O)OC(C)(C)C)C(=O)Nc1nccs1. The molecule has 7 nitrogen and oxygen atoms in total. The number of carbonyl (C=O) groups is 2. The summed E-state index contributed by atoms with van der Waals surface area (Å²) in [5.74, 6) is -0.921. The first-order valence-electron chi connectivity index (χ1n) is 7.73. The van der Waals surface area contributed by atoms with Gasteiger partial charge in [0, 0.05) is 17.1 Å². The first-order valence-corrected chi connectivity index (χ1v) is 8.61. The van der Waals surface area contributed by atoms with Crippen molar-refractivity contribution in [1.82, 2.24) is 10.3 Å². The number of thiazole rings is 1. The second kappa shape index (κ2) is 8.13. The maximum absolute atomic E-state index is 13.8. The molecule has 2 aromatic rings. The number of benzene rings is 1. The Morgan fingerprint density at radius 1 is 1.31 bits per heavy atom. The molecule has 0 fully saturated rings. The molecule has 2 rings (SSSR count). The predicted octanol–water partition coefficient (Wildman–Crippen LogP) is 3.50. The Morgan fingerprint density at radius 2 is 2.04 bits per heavy atom. The molecule has 2 N–H and O–H groups in total. The fourth-order valence-electron chi connectivity index (χ4n) is 2.10. The number of anilines is 1. The third kappa shape index (κ3) is 5.41. The van der Waals surface area contributed by atoms with Gasteiger partial charge < -0.3 is 14.8 Å². The van der Waals surface area contributed by atoms with Crippen molar-refractivity contribution < 1.29 is 23.5 Å². The van der Waals surface area contributed by atoms with Crippen molar-refractivity contribution in [2.45, 2.75) is 32.4 Å². The van der Waals surface area contributed by atoms with Crippen molar-refractivity contribution in [1.29, 1.82) is 0 Å². The van der Waals surface area contributed by atoms with Gasteiger partial charge in [0.15, 0.2) is 5.13 Å². The summed E-state index contributed by atoms with van der Waals surface area (Å²) in [5.41, 5.74) is -0.598. The first-order chi connectivity index (χ1) is 12.2. The number of halogens is 1. The minimum absolute atomic E-state index is 0.160. The monoisotopic (exact) mass is 381 g/mol. The quantitative estimate of drug-likeness (QED) is 0.827. The minimum Gasteiger partial charge on any atom is -0.496 e. The largest absolute Gasteiger partial charge is 0.496 e. The Balaban J connectivity index is 2.33. The van der Waals surface area contributed by atoms with Gasteiger partial charge in [-0.25, -0.2) is 14.2 Å². The van der Waals surface area contributed by atoms with Gasteiger partial charge in [0.05, 0.1) is 7.11 Å². The number of ether oxygens (including phenoxy) is 2. The highest BCUT2D eigenvalue weighted by Crippen LogP contribution is 2.28. The van der Waals surface area contributed by atoms with E-state index in [0.717, 1.165) is 6.07 Å². The van der Waals surface area contributed by atoms with Crippen LogP contribution in [0.3, 0.4) is 0 Å². The molecule has 1 aromatic carbocycles. The van der Waals surface area contributed by atoms with Crippen LogP contribution in [0.5, 0.6) is 5.75 Å². The standard InChI is InChI=1S/C17H20FN3O4S/c1-17(2,3)25-16(23)20-13(14(22)21-15-19-7-8-26-15)11-9-10(18)5-6-12(11)24-4/h5-9,13H,1-4H3,(H,20,23)(H,19,21,22)/t13-/m1/s1. The molecule has 0 spiro atoms. The van der Waals surface area contributed by atoms with E-state index in [1.165, 1.54) is 36.8 Å². The second-order valence-corrected chi connectivity index (χ2v) is 7.19. The van der Waals surface area contributed by atoms with Gasteiger partial charge in [0.1, 0.15) is 23.2 Å². The van der Waals surface area contributed by atoms with Crippen LogP contribution in [0.2, 0.25) is 0 Å². The van der Waals surface area contributed by atoms with E-state index in [4.69, 9.17) is 9.47 Å². The Kier molecular flexibility index (Phi) is 6.14. The van der Waals surface area contributed by atoms with Crippen LogP contribution in [0.4, 0.5) is 14.3 Å². The summed E-state index contributed by atoms with van der Waals surface area (Å²) in [6.07, 6.45) is 0.711. The van der Waals surface area contributed by atoms with Gasteiger partial charge in [-0.05, 0) is 39.0 Å². The molecule has 1 heterocycles. The lowest BCUT2D eigenvalue weighted by atomic mass is 10.0. The van der Waals surface area contributed by atoms with E-state index in [9.17, 15) is 14.0 Å². The normalized spacial score (nSPS) is 12.2. The molecule has 0 radical (unpaired) electrons. The third-order valence-electron chi connectivity index (χ3n) is 3.09. The number of rotatable bonds is 5. The van der Waals surface area contributed by atoms with Crippen LogP contribution in [-0.4, -0.2) is 29.7 Å². The Morgan fingerprint density at radius 3 is 2.62 bits per heavy atom. The molecule has 0 saturated carbocycles. The first kappa shape index (κ1) is 19.6. The van der Waals surface area contributed by atoms with Gasteiger partial charge in [-0.1, -0.05) is 0 Å². The molecule has 0 saturated heterocycles. The van der Waals surface area contributed by atoms with Crippen LogP contribution < -0.4 is 15.4 Å². The highest BCUT2D eigenvalue weighted by atomic mass is 32.1. The summed E-state index contributed by atoms with van der Waals surface area (Å²) in [7, 11) is 1.39. The highest BCUT2D eigenvalue weighted by Gasteiger charge is 2.29. The lowest BCUT2D eigenvalue weighted by molar-refractivity contribution is -0.118. The number of methoxy groups -OCH3 is 1. The van der Waals surface area contributed by atoms with Gasteiger partial charge in [-0.2, -0.15) is 0 Å². The molecule has 26 heavy (non-hydrogen) atoms. The van der Waals surface area contributed by atoms with Gasteiger partial charge >= 0.3 is 6.09 Å². The van der Waals surface area contributed by atoms with Crippen LogP contribution in [0.25, 0.3) is 0 Å². The van der Waals surface area contributed by atoms with Gasteiger partial charge in [-0.15, -0.1) is 11.3 Å². The second-order valence-electron chi connectivity index (χ2n) is 6.29. The summed E-state index contributed by atoms with van der Waals surface area (Å²) in [5, 5.41) is 7.08. The van der Waals surface area contributed by atoms with Crippen LogP contribution in [0.1, 0.15) is 32.4 Å². The topological polar surface area (TPSA) is 89.5 Å². The van der Waals surface area contributed by atoms with Gasteiger partial charge in [-0.3, -0.25) is 10.1 Å². The number of hydrogen-bond acceptors (Lipinski definition) is 6. The van der Waals surface area contributed by atoms with Crippen LogP contribution in [-0.2, 0) is 9.53 Å². The molecule has 0 bridgehead atoms. The van der Waals surface area contributed by atoms with Crippen LogP contribution >= 0.6 is 11.3 Å². The average Bonchev–Trinajstić information content (AvgIpc) is 3.03. The average molecular weight is 381 g/mol. The lowest BCUT2D eigenvalue weighted by Crippen LogP contribution is -2.40. The van der Waals surface area contributed by atoms with Crippen molar-refractivity contribution in [3.8, 4) is 5.75 Å².